The smallest absolute Gasteiger partial charge is 0.339 e. The first kappa shape index (κ1) is 20.6. The molecule has 0 N–H and O–H groups in total. The van der Waals surface area contributed by atoms with E-state index in [1.54, 1.807) is 12.1 Å². The summed E-state index contributed by atoms with van der Waals surface area (Å²) in [5.41, 5.74) is 0. The molecule has 2 aromatic carbocycles. The molecule has 0 radical (unpaired) electrons. The fourth-order valence-electron chi connectivity index (χ4n) is 3.10. The first-order chi connectivity index (χ1) is 13.2. The Kier molecular flexibility index (Phi) is 5.97. The van der Waals surface area contributed by atoms with Gasteiger partial charge in [-0.25, -0.2) is 8.42 Å². The third-order valence-corrected chi connectivity index (χ3v) is 7.78. The number of sulfonamides is 1. The molecule has 0 aromatic heterocycles. The topological polar surface area (TPSA) is 90.0 Å². The Hall–Kier alpha value is -2.10. The molecule has 0 aliphatic carbocycles. The van der Waals surface area contributed by atoms with Gasteiger partial charge in [-0.15, -0.1) is 0 Å². The van der Waals surface area contributed by atoms with Crippen LogP contribution in [0.2, 0.25) is 0 Å². The predicted molar refractivity (Wildman–Crippen MR) is 104 cm³/mol. The van der Waals surface area contributed by atoms with Gasteiger partial charge in [-0.3, -0.25) is 0 Å². The van der Waals surface area contributed by atoms with Crippen LogP contribution < -0.4 is 8.92 Å². The summed E-state index contributed by atoms with van der Waals surface area (Å²) in [6, 6.07) is 11.2. The van der Waals surface area contributed by atoms with E-state index in [0.717, 1.165) is 12.8 Å². The quantitative estimate of drug-likeness (QED) is 0.661. The summed E-state index contributed by atoms with van der Waals surface area (Å²) in [5, 5.41) is 0. The largest absolute Gasteiger partial charge is 0.497 e. The minimum atomic E-state index is -4.08. The fraction of sp³-hybridized carbons (Fsp3) is 0.368. The van der Waals surface area contributed by atoms with Gasteiger partial charge in [0.2, 0.25) is 10.0 Å². The number of rotatable bonds is 6. The van der Waals surface area contributed by atoms with Crippen molar-refractivity contribution in [2.75, 3.05) is 20.2 Å². The SMILES string of the molecule is COc1ccc(OS(=O)(=O)c2ccc(S(=O)(=O)N3CCC[C@H](C)C3)cc2)cc1. The van der Waals surface area contributed by atoms with Gasteiger partial charge in [0.1, 0.15) is 16.4 Å². The predicted octanol–water partition coefficient (Wildman–Crippen LogP) is 2.88. The zero-order valence-corrected chi connectivity index (χ0v) is 17.4. The molecule has 152 valence electrons. The standard InChI is InChI=1S/C19H23NO6S2/c1-15-4-3-13-20(14-15)27(21,22)18-9-11-19(12-10-18)28(23,24)26-17-7-5-16(25-2)6-8-17/h5-12,15H,3-4,13-14H2,1-2H3/t15-/m0/s1. The second kappa shape index (κ2) is 8.10. The highest BCUT2D eigenvalue weighted by molar-refractivity contribution is 7.89. The molecular formula is C19H23NO6S2. The number of nitrogens with zero attached hydrogens (tertiary/aromatic N) is 1. The van der Waals surface area contributed by atoms with Gasteiger partial charge in [0, 0.05) is 13.1 Å². The van der Waals surface area contributed by atoms with Crippen LogP contribution >= 0.6 is 0 Å². The number of hydrogen-bond donors (Lipinski definition) is 0. The van der Waals surface area contributed by atoms with E-state index < -0.39 is 20.1 Å². The number of piperidine rings is 1. The van der Waals surface area contributed by atoms with Gasteiger partial charge >= 0.3 is 10.1 Å². The highest BCUT2D eigenvalue weighted by atomic mass is 32.2. The van der Waals surface area contributed by atoms with Crippen molar-refractivity contribution in [1.82, 2.24) is 4.31 Å². The molecule has 1 aliphatic heterocycles. The van der Waals surface area contributed by atoms with Crippen molar-refractivity contribution in [2.45, 2.75) is 29.6 Å². The molecule has 0 saturated carbocycles. The normalized spacial score (nSPS) is 18.6. The van der Waals surface area contributed by atoms with Crippen LogP contribution in [0.5, 0.6) is 11.5 Å². The molecule has 9 heteroatoms. The molecule has 1 aliphatic rings. The summed E-state index contributed by atoms with van der Waals surface area (Å²) in [6.07, 6.45) is 1.83. The highest BCUT2D eigenvalue weighted by Crippen LogP contribution is 2.26. The van der Waals surface area contributed by atoms with E-state index in [9.17, 15) is 16.8 Å². The molecule has 1 fully saturated rings. The van der Waals surface area contributed by atoms with Crippen molar-refractivity contribution in [3.8, 4) is 11.5 Å². The molecule has 1 atom stereocenters. The van der Waals surface area contributed by atoms with Crippen LogP contribution in [0.15, 0.2) is 58.3 Å². The van der Waals surface area contributed by atoms with E-state index in [2.05, 4.69) is 0 Å². The van der Waals surface area contributed by atoms with Crippen LogP contribution in [0.25, 0.3) is 0 Å². The van der Waals surface area contributed by atoms with Gasteiger partial charge in [0.25, 0.3) is 0 Å². The summed E-state index contributed by atoms with van der Waals surface area (Å²) in [6.45, 7) is 2.98. The van der Waals surface area contributed by atoms with E-state index in [4.69, 9.17) is 8.92 Å². The molecule has 0 bridgehead atoms. The van der Waals surface area contributed by atoms with E-state index in [1.165, 1.54) is 47.8 Å². The third kappa shape index (κ3) is 4.48. The Balaban J connectivity index is 1.78. The lowest BCUT2D eigenvalue weighted by atomic mass is 10.0. The van der Waals surface area contributed by atoms with Crippen molar-refractivity contribution >= 4 is 20.1 Å². The Morgan fingerprint density at radius 2 is 1.46 bits per heavy atom. The highest BCUT2D eigenvalue weighted by Gasteiger charge is 2.29. The summed E-state index contributed by atoms with van der Waals surface area (Å²) in [5.74, 6) is 1.02. The Bertz CT molecular complexity index is 1020. The molecule has 3 rings (SSSR count). The van der Waals surface area contributed by atoms with Gasteiger partial charge in [0.05, 0.1) is 12.0 Å². The molecule has 1 heterocycles. The van der Waals surface area contributed by atoms with Crippen molar-refractivity contribution < 1.29 is 25.8 Å². The number of benzene rings is 2. The molecule has 28 heavy (non-hydrogen) atoms. The summed E-state index contributed by atoms with van der Waals surface area (Å²) >= 11 is 0. The molecule has 0 spiro atoms. The van der Waals surface area contributed by atoms with E-state index in [0.29, 0.717) is 24.8 Å². The first-order valence-electron chi connectivity index (χ1n) is 8.91. The van der Waals surface area contributed by atoms with Gasteiger partial charge in [-0.2, -0.15) is 12.7 Å². The second-order valence-electron chi connectivity index (χ2n) is 6.79. The average Bonchev–Trinajstić information content (AvgIpc) is 2.68. The minimum Gasteiger partial charge on any atom is -0.497 e. The Labute approximate surface area is 166 Å². The molecule has 0 unspecified atom stereocenters. The zero-order valence-electron chi connectivity index (χ0n) is 15.7. The van der Waals surface area contributed by atoms with Crippen LogP contribution in [-0.4, -0.2) is 41.3 Å². The fourth-order valence-corrected chi connectivity index (χ4v) is 5.63. The Morgan fingerprint density at radius 3 is 2.04 bits per heavy atom. The zero-order chi connectivity index (χ0) is 20.4. The maximum Gasteiger partial charge on any atom is 0.339 e. The van der Waals surface area contributed by atoms with Crippen molar-refractivity contribution in [2.24, 2.45) is 5.92 Å². The van der Waals surface area contributed by atoms with Gasteiger partial charge < -0.3 is 8.92 Å². The van der Waals surface area contributed by atoms with E-state index >= 15 is 0 Å². The number of methoxy groups -OCH3 is 1. The molecule has 1 saturated heterocycles. The van der Waals surface area contributed by atoms with Crippen molar-refractivity contribution in [3.63, 3.8) is 0 Å². The van der Waals surface area contributed by atoms with Crippen LogP contribution in [0.4, 0.5) is 0 Å². The first-order valence-corrected chi connectivity index (χ1v) is 11.8. The Morgan fingerprint density at radius 1 is 0.893 bits per heavy atom. The van der Waals surface area contributed by atoms with Crippen molar-refractivity contribution in [3.05, 3.63) is 48.5 Å². The lowest BCUT2D eigenvalue weighted by Crippen LogP contribution is -2.39. The summed E-state index contributed by atoms with van der Waals surface area (Å²) in [7, 11) is -6.21. The number of ether oxygens (including phenoxy) is 1. The molecule has 7 nitrogen and oxygen atoms in total. The second-order valence-corrected chi connectivity index (χ2v) is 10.3. The third-order valence-electron chi connectivity index (χ3n) is 4.64. The van der Waals surface area contributed by atoms with E-state index in [1.807, 2.05) is 6.92 Å². The van der Waals surface area contributed by atoms with Crippen LogP contribution in [-0.2, 0) is 20.1 Å². The van der Waals surface area contributed by atoms with Gasteiger partial charge in [-0.05, 0) is 67.3 Å². The lowest BCUT2D eigenvalue weighted by Gasteiger charge is -2.30. The lowest BCUT2D eigenvalue weighted by molar-refractivity contribution is 0.281. The van der Waals surface area contributed by atoms with Gasteiger partial charge in [0.15, 0.2) is 0 Å². The summed E-state index contributed by atoms with van der Waals surface area (Å²) in [4.78, 5) is -0.0423. The molecular weight excluding hydrogens is 402 g/mol. The van der Waals surface area contributed by atoms with Crippen LogP contribution in [0.3, 0.4) is 0 Å². The monoisotopic (exact) mass is 425 g/mol. The van der Waals surface area contributed by atoms with Crippen molar-refractivity contribution in [1.29, 1.82) is 0 Å². The minimum absolute atomic E-state index is 0.0741. The van der Waals surface area contributed by atoms with Crippen LogP contribution in [0, 0.1) is 5.92 Å². The average molecular weight is 426 g/mol. The molecule has 2 aromatic rings. The van der Waals surface area contributed by atoms with E-state index in [-0.39, 0.29) is 15.5 Å². The maximum absolute atomic E-state index is 12.8. The maximum atomic E-state index is 12.8. The number of hydrogen-bond acceptors (Lipinski definition) is 6. The van der Waals surface area contributed by atoms with Gasteiger partial charge in [-0.1, -0.05) is 6.92 Å². The molecule has 0 amide bonds. The summed E-state index contributed by atoms with van der Waals surface area (Å²) < 4.78 is 62.0. The van der Waals surface area contributed by atoms with Crippen LogP contribution in [0.1, 0.15) is 19.8 Å².